The van der Waals surface area contributed by atoms with Crippen LogP contribution >= 0.6 is 0 Å². The van der Waals surface area contributed by atoms with Gasteiger partial charge in [0.2, 0.25) is 0 Å². The van der Waals surface area contributed by atoms with Gasteiger partial charge in [-0.2, -0.15) is 13.2 Å². The number of aryl methyl sites for hydroxylation is 1. The standard InChI is InChI=1S/C16H20F3NO/c1-11-3-4-12(16(17,18)19)9-14(11)20-13-5-8-21-15(10-13)6-2-7-15/h3-4,9,13,20H,2,5-8,10H2,1H3. The van der Waals surface area contributed by atoms with Crippen LogP contribution < -0.4 is 5.32 Å². The fourth-order valence-electron chi connectivity index (χ4n) is 3.24. The van der Waals surface area contributed by atoms with E-state index in [-0.39, 0.29) is 11.6 Å². The van der Waals surface area contributed by atoms with E-state index in [9.17, 15) is 13.2 Å². The molecule has 0 aromatic heterocycles. The molecule has 0 radical (unpaired) electrons. The van der Waals surface area contributed by atoms with E-state index in [1.165, 1.54) is 18.6 Å². The highest BCUT2D eigenvalue weighted by Crippen LogP contribution is 2.43. The largest absolute Gasteiger partial charge is 0.416 e. The lowest BCUT2D eigenvalue weighted by molar-refractivity contribution is -0.137. The van der Waals surface area contributed by atoms with Gasteiger partial charge in [0.1, 0.15) is 0 Å². The lowest BCUT2D eigenvalue weighted by Gasteiger charge is -2.47. The summed E-state index contributed by atoms with van der Waals surface area (Å²) in [6.45, 7) is 2.52. The third-order valence-corrected chi connectivity index (χ3v) is 4.68. The van der Waals surface area contributed by atoms with Gasteiger partial charge in [0, 0.05) is 18.3 Å². The zero-order valence-corrected chi connectivity index (χ0v) is 12.1. The van der Waals surface area contributed by atoms with Crippen molar-refractivity contribution in [3.8, 4) is 0 Å². The predicted octanol–water partition coefficient (Wildman–Crippen LogP) is 4.53. The van der Waals surface area contributed by atoms with E-state index in [2.05, 4.69) is 5.32 Å². The van der Waals surface area contributed by atoms with Crippen LogP contribution in [0.4, 0.5) is 18.9 Å². The summed E-state index contributed by atoms with van der Waals surface area (Å²) in [5.41, 5.74) is 0.829. The van der Waals surface area contributed by atoms with Crippen LogP contribution in [-0.4, -0.2) is 18.2 Å². The first-order valence-electron chi connectivity index (χ1n) is 7.46. The molecule has 1 aromatic rings. The highest BCUT2D eigenvalue weighted by Gasteiger charge is 2.42. The molecular weight excluding hydrogens is 279 g/mol. The SMILES string of the molecule is Cc1ccc(C(F)(F)F)cc1NC1CCOC2(CCC2)C1. The number of anilines is 1. The number of hydrogen-bond donors (Lipinski definition) is 1. The Labute approximate surface area is 122 Å². The van der Waals surface area contributed by atoms with Crippen LogP contribution in [0.25, 0.3) is 0 Å². The minimum Gasteiger partial charge on any atom is -0.382 e. The molecule has 2 aliphatic rings. The van der Waals surface area contributed by atoms with Crippen LogP contribution in [0.2, 0.25) is 0 Å². The maximum atomic E-state index is 12.8. The lowest BCUT2D eigenvalue weighted by Crippen LogP contribution is -2.49. The normalized spacial score (nSPS) is 24.7. The molecular formula is C16H20F3NO. The zero-order chi connectivity index (χ0) is 15.1. The number of alkyl halides is 3. The molecule has 1 N–H and O–H groups in total. The van der Waals surface area contributed by atoms with E-state index < -0.39 is 11.7 Å². The molecule has 116 valence electrons. The third kappa shape index (κ3) is 3.03. The van der Waals surface area contributed by atoms with Crippen molar-refractivity contribution in [3.05, 3.63) is 29.3 Å². The Bertz CT molecular complexity index is 523. The van der Waals surface area contributed by atoms with Crippen molar-refractivity contribution in [1.29, 1.82) is 0 Å². The first-order valence-corrected chi connectivity index (χ1v) is 7.46. The van der Waals surface area contributed by atoms with Gasteiger partial charge in [-0.1, -0.05) is 6.07 Å². The summed E-state index contributed by atoms with van der Waals surface area (Å²) in [7, 11) is 0. The predicted molar refractivity (Wildman–Crippen MR) is 75.4 cm³/mol. The topological polar surface area (TPSA) is 21.3 Å². The molecule has 1 heterocycles. The van der Waals surface area contributed by atoms with Crippen LogP contribution in [0.15, 0.2) is 18.2 Å². The summed E-state index contributed by atoms with van der Waals surface area (Å²) in [4.78, 5) is 0. The van der Waals surface area contributed by atoms with Crippen molar-refractivity contribution in [2.24, 2.45) is 0 Å². The van der Waals surface area contributed by atoms with Crippen molar-refractivity contribution in [3.63, 3.8) is 0 Å². The monoisotopic (exact) mass is 299 g/mol. The molecule has 2 fully saturated rings. The second-order valence-electron chi connectivity index (χ2n) is 6.25. The van der Waals surface area contributed by atoms with Crippen LogP contribution in [0.3, 0.4) is 0 Å². The molecule has 1 aromatic carbocycles. The number of halogens is 3. The minimum absolute atomic E-state index is 0.00847. The number of nitrogens with one attached hydrogen (secondary N) is 1. The summed E-state index contributed by atoms with van der Waals surface area (Å²) in [5, 5.41) is 3.31. The summed E-state index contributed by atoms with van der Waals surface area (Å²) < 4.78 is 44.3. The molecule has 1 atom stereocenters. The van der Waals surface area contributed by atoms with Gasteiger partial charge in [-0.15, -0.1) is 0 Å². The Kier molecular flexibility index (Phi) is 3.64. The highest BCUT2D eigenvalue weighted by molar-refractivity contribution is 5.54. The Morgan fingerprint density at radius 2 is 2.05 bits per heavy atom. The van der Waals surface area contributed by atoms with Crippen LogP contribution in [0, 0.1) is 6.92 Å². The average Bonchev–Trinajstić information content (AvgIpc) is 2.38. The van der Waals surface area contributed by atoms with Crippen molar-refractivity contribution < 1.29 is 17.9 Å². The first kappa shape index (κ1) is 14.7. The van der Waals surface area contributed by atoms with E-state index in [1.807, 2.05) is 6.92 Å². The highest BCUT2D eigenvalue weighted by atomic mass is 19.4. The van der Waals surface area contributed by atoms with Gasteiger partial charge in [0.15, 0.2) is 0 Å². The molecule has 1 unspecified atom stereocenters. The fourth-order valence-corrected chi connectivity index (χ4v) is 3.24. The smallest absolute Gasteiger partial charge is 0.382 e. The van der Waals surface area contributed by atoms with E-state index in [0.29, 0.717) is 12.3 Å². The fraction of sp³-hybridized carbons (Fsp3) is 0.625. The van der Waals surface area contributed by atoms with Crippen molar-refractivity contribution >= 4 is 5.69 Å². The van der Waals surface area contributed by atoms with E-state index in [4.69, 9.17) is 4.74 Å². The molecule has 21 heavy (non-hydrogen) atoms. The van der Waals surface area contributed by atoms with Crippen molar-refractivity contribution in [1.82, 2.24) is 0 Å². The van der Waals surface area contributed by atoms with Gasteiger partial charge in [-0.25, -0.2) is 0 Å². The lowest BCUT2D eigenvalue weighted by atomic mass is 9.74. The molecule has 1 aliphatic carbocycles. The average molecular weight is 299 g/mol. The third-order valence-electron chi connectivity index (χ3n) is 4.68. The van der Waals surface area contributed by atoms with Crippen molar-refractivity contribution in [2.45, 2.75) is 56.8 Å². The second-order valence-corrected chi connectivity index (χ2v) is 6.25. The maximum absolute atomic E-state index is 12.8. The van der Waals surface area contributed by atoms with E-state index in [0.717, 1.165) is 37.3 Å². The van der Waals surface area contributed by atoms with Crippen molar-refractivity contribution in [2.75, 3.05) is 11.9 Å². The zero-order valence-electron chi connectivity index (χ0n) is 12.1. The Morgan fingerprint density at radius 3 is 2.67 bits per heavy atom. The molecule has 2 nitrogen and oxygen atoms in total. The van der Waals surface area contributed by atoms with Gasteiger partial charge < -0.3 is 10.1 Å². The van der Waals surface area contributed by atoms with Gasteiger partial charge in [0.25, 0.3) is 0 Å². The molecule has 5 heteroatoms. The molecule has 1 saturated carbocycles. The molecule has 0 amide bonds. The van der Waals surface area contributed by atoms with Crippen LogP contribution in [0.5, 0.6) is 0 Å². The maximum Gasteiger partial charge on any atom is 0.416 e. The number of benzene rings is 1. The summed E-state index contributed by atoms with van der Waals surface area (Å²) >= 11 is 0. The number of rotatable bonds is 2. The van der Waals surface area contributed by atoms with Crippen LogP contribution in [0.1, 0.15) is 43.2 Å². The van der Waals surface area contributed by atoms with Gasteiger partial charge in [-0.05, 0) is 56.7 Å². The summed E-state index contributed by atoms with van der Waals surface area (Å²) in [5.74, 6) is 0. The summed E-state index contributed by atoms with van der Waals surface area (Å²) in [6, 6.07) is 4.08. The second kappa shape index (κ2) is 5.20. The molecule has 0 bridgehead atoms. The van der Waals surface area contributed by atoms with E-state index >= 15 is 0 Å². The van der Waals surface area contributed by atoms with Gasteiger partial charge >= 0.3 is 6.18 Å². The van der Waals surface area contributed by atoms with Crippen LogP contribution in [-0.2, 0) is 10.9 Å². The number of ether oxygens (including phenoxy) is 1. The Morgan fingerprint density at radius 1 is 1.29 bits per heavy atom. The first-order chi connectivity index (χ1) is 9.88. The molecule has 1 aliphatic heterocycles. The molecule has 1 spiro atoms. The minimum atomic E-state index is -4.30. The van der Waals surface area contributed by atoms with Gasteiger partial charge in [0.05, 0.1) is 11.2 Å². The Balaban J connectivity index is 1.75. The molecule has 1 saturated heterocycles. The summed E-state index contributed by atoms with van der Waals surface area (Å²) in [6.07, 6.45) is 0.782. The van der Waals surface area contributed by atoms with Gasteiger partial charge in [-0.3, -0.25) is 0 Å². The quantitative estimate of drug-likeness (QED) is 0.866. The van der Waals surface area contributed by atoms with E-state index in [1.54, 1.807) is 0 Å². The molecule has 3 rings (SSSR count). The number of hydrogen-bond acceptors (Lipinski definition) is 2. The Hall–Kier alpha value is -1.23.